The molecule has 2 aromatic rings. The lowest BCUT2D eigenvalue weighted by atomic mass is 9.39. The molecule has 0 saturated heterocycles. The van der Waals surface area contributed by atoms with Crippen LogP contribution in [0, 0.1) is 5.82 Å². The fraction of sp³-hybridized carbons (Fsp3) is 0.400. The van der Waals surface area contributed by atoms with E-state index < -0.39 is 0 Å². The lowest BCUT2D eigenvalue weighted by Crippen LogP contribution is -2.76. The van der Waals surface area contributed by atoms with Crippen LogP contribution in [0.5, 0.6) is 11.8 Å². The third-order valence-corrected chi connectivity index (χ3v) is 4.35. The molecule has 0 spiro atoms. The molecule has 7 heteroatoms. The van der Waals surface area contributed by atoms with Gasteiger partial charge in [0, 0.05) is 12.5 Å². The van der Waals surface area contributed by atoms with Crippen LogP contribution in [0.4, 0.5) is 4.39 Å². The predicted molar refractivity (Wildman–Crippen MR) is 72.8 cm³/mol. The van der Waals surface area contributed by atoms with E-state index in [4.69, 9.17) is 9.15 Å². The zero-order chi connectivity index (χ0) is 15.4. The summed E-state index contributed by atoms with van der Waals surface area (Å²) in [5.41, 5.74) is -0.210. The Hall–Kier alpha value is -2.44. The van der Waals surface area contributed by atoms with Crippen molar-refractivity contribution in [2.75, 3.05) is 0 Å². The molecule has 1 amide bonds. The van der Waals surface area contributed by atoms with Crippen molar-refractivity contribution >= 4 is 5.91 Å². The summed E-state index contributed by atoms with van der Waals surface area (Å²) in [6, 6.07) is 5.58. The van der Waals surface area contributed by atoms with Gasteiger partial charge in [-0.1, -0.05) is 5.10 Å². The lowest BCUT2D eigenvalue weighted by molar-refractivity contribution is -0.139. The van der Waals surface area contributed by atoms with Crippen LogP contribution in [-0.4, -0.2) is 21.6 Å². The first-order chi connectivity index (χ1) is 10.5. The number of benzene rings is 1. The number of halogens is 1. The molecular formula is C15H14FN3O3. The van der Waals surface area contributed by atoms with Gasteiger partial charge >= 0.3 is 6.08 Å². The number of nitrogens with zero attached hydrogens (tertiary/aromatic N) is 2. The first-order valence-corrected chi connectivity index (χ1v) is 7.05. The van der Waals surface area contributed by atoms with Crippen molar-refractivity contribution in [2.45, 2.75) is 37.1 Å². The van der Waals surface area contributed by atoms with Gasteiger partial charge in [0.2, 0.25) is 11.8 Å². The van der Waals surface area contributed by atoms with Gasteiger partial charge in [0.25, 0.3) is 0 Å². The number of amides is 1. The SMILES string of the molecule is CC(=O)NC12CC(c3nnc(Oc4ccc(F)cc4)o3)(C1)C2. The van der Waals surface area contributed by atoms with E-state index in [-0.39, 0.29) is 28.8 Å². The molecule has 3 aliphatic rings. The second-order valence-electron chi connectivity index (χ2n) is 6.20. The Morgan fingerprint density at radius 3 is 2.59 bits per heavy atom. The van der Waals surface area contributed by atoms with E-state index in [9.17, 15) is 9.18 Å². The quantitative estimate of drug-likeness (QED) is 0.938. The Kier molecular flexibility index (Phi) is 2.58. The van der Waals surface area contributed by atoms with Crippen LogP contribution in [0.3, 0.4) is 0 Å². The molecule has 1 heterocycles. The van der Waals surface area contributed by atoms with E-state index >= 15 is 0 Å². The summed E-state index contributed by atoms with van der Waals surface area (Å²) < 4.78 is 23.8. The van der Waals surface area contributed by atoms with Crippen molar-refractivity contribution in [2.24, 2.45) is 0 Å². The summed E-state index contributed by atoms with van der Waals surface area (Å²) in [5, 5.41) is 10.9. The molecule has 1 aromatic carbocycles. The third kappa shape index (κ3) is 1.96. The van der Waals surface area contributed by atoms with E-state index in [1.165, 1.54) is 31.2 Å². The molecule has 1 N–H and O–H groups in total. The number of carbonyl (C=O) groups is 1. The molecule has 0 unspecified atom stereocenters. The Morgan fingerprint density at radius 1 is 1.27 bits per heavy atom. The van der Waals surface area contributed by atoms with Crippen LogP contribution in [0.1, 0.15) is 32.1 Å². The van der Waals surface area contributed by atoms with Gasteiger partial charge in [-0.25, -0.2) is 4.39 Å². The zero-order valence-electron chi connectivity index (χ0n) is 11.9. The van der Waals surface area contributed by atoms with Crippen LogP contribution in [0.25, 0.3) is 0 Å². The van der Waals surface area contributed by atoms with Gasteiger partial charge in [0.15, 0.2) is 0 Å². The number of rotatable bonds is 4. The second kappa shape index (κ2) is 4.28. The predicted octanol–water partition coefficient (Wildman–Crippen LogP) is 2.31. The highest BCUT2D eigenvalue weighted by Crippen LogP contribution is 2.67. The van der Waals surface area contributed by atoms with E-state index in [0.717, 1.165) is 19.3 Å². The fourth-order valence-electron chi connectivity index (χ4n) is 3.59. The Bertz CT molecular complexity index is 721. The number of aromatic nitrogens is 2. The van der Waals surface area contributed by atoms with Crippen molar-refractivity contribution in [1.29, 1.82) is 0 Å². The first-order valence-electron chi connectivity index (χ1n) is 7.05. The maximum Gasteiger partial charge on any atom is 0.420 e. The summed E-state index contributed by atoms with van der Waals surface area (Å²) in [6.45, 7) is 1.52. The minimum atomic E-state index is -0.337. The van der Waals surface area contributed by atoms with E-state index in [1.807, 2.05) is 0 Å². The average molecular weight is 303 g/mol. The molecule has 3 fully saturated rings. The maximum atomic E-state index is 12.8. The largest absolute Gasteiger partial charge is 0.420 e. The minimum absolute atomic E-state index is 0.0147. The van der Waals surface area contributed by atoms with Crippen LogP contribution in [0.2, 0.25) is 0 Å². The minimum Gasteiger partial charge on any atom is -0.410 e. The zero-order valence-corrected chi connectivity index (χ0v) is 11.9. The van der Waals surface area contributed by atoms with Crippen LogP contribution < -0.4 is 10.1 Å². The van der Waals surface area contributed by atoms with E-state index in [1.54, 1.807) is 0 Å². The molecule has 3 aliphatic carbocycles. The summed E-state index contributed by atoms with van der Waals surface area (Å²) in [4.78, 5) is 11.1. The van der Waals surface area contributed by atoms with Gasteiger partial charge in [-0.15, -0.1) is 5.10 Å². The molecule has 6 nitrogen and oxygen atoms in total. The van der Waals surface area contributed by atoms with Crippen LogP contribution in [-0.2, 0) is 10.2 Å². The van der Waals surface area contributed by atoms with Gasteiger partial charge in [0.05, 0.1) is 5.41 Å². The highest BCUT2D eigenvalue weighted by atomic mass is 19.1. The van der Waals surface area contributed by atoms with Gasteiger partial charge in [-0.2, -0.15) is 0 Å². The van der Waals surface area contributed by atoms with Gasteiger partial charge in [0.1, 0.15) is 11.6 Å². The molecule has 2 bridgehead atoms. The normalized spacial score (nSPS) is 28.5. The second-order valence-corrected chi connectivity index (χ2v) is 6.20. The summed E-state index contributed by atoms with van der Waals surface area (Å²) in [5.74, 6) is 0.621. The number of hydrogen-bond acceptors (Lipinski definition) is 5. The molecule has 0 atom stereocenters. The van der Waals surface area contributed by atoms with E-state index in [2.05, 4.69) is 15.5 Å². The molecule has 114 valence electrons. The number of carbonyl (C=O) groups excluding carboxylic acids is 1. The molecule has 5 rings (SSSR count). The summed E-state index contributed by atoms with van der Waals surface area (Å²) in [7, 11) is 0. The maximum absolute atomic E-state index is 12.8. The van der Waals surface area contributed by atoms with Crippen LogP contribution in [0.15, 0.2) is 28.7 Å². The fourth-order valence-corrected chi connectivity index (χ4v) is 3.59. The van der Waals surface area contributed by atoms with Crippen molar-refractivity contribution < 1.29 is 18.3 Å². The number of hydrogen-bond donors (Lipinski definition) is 1. The lowest BCUT2D eigenvalue weighted by Gasteiger charge is -2.68. The average Bonchev–Trinajstić information content (AvgIpc) is 2.83. The van der Waals surface area contributed by atoms with Crippen molar-refractivity contribution in [3.05, 3.63) is 36.0 Å². The Labute approximate surface area is 125 Å². The van der Waals surface area contributed by atoms with Crippen molar-refractivity contribution in [3.8, 4) is 11.8 Å². The monoisotopic (exact) mass is 303 g/mol. The van der Waals surface area contributed by atoms with Crippen molar-refractivity contribution in [3.63, 3.8) is 0 Å². The number of nitrogens with one attached hydrogen (secondary N) is 1. The van der Waals surface area contributed by atoms with Gasteiger partial charge in [-0.05, 0) is 43.5 Å². The standard InChI is InChI=1S/C15H14FN3O3/c1-9(20)17-15-6-14(7-15,8-15)12-18-19-13(22-12)21-11-4-2-10(16)3-5-11/h2-5H,6-8H2,1H3,(H,17,20). The Balaban J connectivity index is 1.43. The highest BCUT2D eigenvalue weighted by molar-refractivity contribution is 5.75. The van der Waals surface area contributed by atoms with Crippen LogP contribution >= 0.6 is 0 Å². The smallest absolute Gasteiger partial charge is 0.410 e. The van der Waals surface area contributed by atoms with Gasteiger partial charge in [-0.3, -0.25) is 4.79 Å². The molecule has 3 saturated carbocycles. The molecule has 1 aromatic heterocycles. The Morgan fingerprint density at radius 2 is 1.95 bits per heavy atom. The summed E-state index contributed by atoms with van der Waals surface area (Å²) in [6.07, 6.45) is 2.49. The molecule has 0 aliphatic heterocycles. The molecular weight excluding hydrogens is 289 g/mol. The molecule has 22 heavy (non-hydrogen) atoms. The highest BCUT2D eigenvalue weighted by Gasteiger charge is 2.71. The van der Waals surface area contributed by atoms with E-state index in [0.29, 0.717) is 11.6 Å². The topological polar surface area (TPSA) is 77.2 Å². The third-order valence-electron chi connectivity index (χ3n) is 4.35. The van der Waals surface area contributed by atoms with Crippen molar-refractivity contribution in [1.82, 2.24) is 15.5 Å². The summed E-state index contributed by atoms with van der Waals surface area (Å²) >= 11 is 0. The molecule has 0 radical (unpaired) electrons. The first kappa shape index (κ1) is 13.2. The number of ether oxygens (including phenoxy) is 1. The van der Waals surface area contributed by atoms with Gasteiger partial charge < -0.3 is 14.5 Å².